The summed E-state index contributed by atoms with van der Waals surface area (Å²) in [7, 11) is 3.93. The Balaban J connectivity index is 4.33. The molecule has 0 unspecified atom stereocenters. The van der Waals surface area contributed by atoms with Crippen molar-refractivity contribution in [3.63, 3.8) is 0 Å². The van der Waals surface area contributed by atoms with Crippen molar-refractivity contribution in [1.82, 2.24) is 15.1 Å². The van der Waals surface area contributed by atoms with Crippen LogP contribution in [0.2, 0.25) is 0 Å². The number of urea groups is 1. The van der Waals surface area contributed by atoms with E-state index in [0.717, 1.165) is 13.0 Å². The predicted octanol–water partition coefficient (Wildman–Crippen LogP) is 0.833. The van der Waals surface area contributed by atoms with Crippen LogP contribution in [0.5, 0.6) is 0 Å². The Hall–Kier alpha value is -1.30. The molecule has 0 aliphatic heterocycles. The number of likely N-dealkylation sites (N-methyl/N-ethyl adjacent to an activating group) is 1. The van der Waals surface area contributed by atoms with E-state index in [1.165, 1.54) is 18.7 Å². The molecule has 6 heteroatoms. The molecular weight excluding hydrogens is 234 g/mol. The van der Waals surface area contributed by atoms with Gasteiger partial charge in [-0.1, -0.05) is 0 Å². The van der Waals surface area contributed by atoms with Crippen LogP contribution in [-0.2, 0) is 4.79 Å². The first kappa shape index (κ1) is 16.7. The first-order valence-electron chi connectivity index (χ1n) is 6.17. The van der Waals surface area contributed by atoms with Crippen LogP contribution < -0.4 is 5.32 Å². The van der Waals surface area contributed by atoms with Gasteiger partial charge in [-0.15, -0.1) is 0 Å². The van der Waals surface area contributed by atoms with E-state index >= 15 is 0 Å². The third-order valence-electron chi connectivity index (χ3n) is 2.82. The summed E-state index contributed by atoms with van der Waals surface area (Å²) in [5, 5.41) is 11.9. The zero-order valence-corrected chi connectivity index (χ0v) is 12.0. The van der Waals surface area contributed by atoms with E-state index in [9.17, 15) is 9.59 Å². The molecule has 0 saturated heterocycles. The number of nitrogens with one attached hydrogen (secondary N) is 1. The number of rotatable bonds is 7. The molecule has 0 aliphatic carbocycles. The topological polar surface area (TPSA) is 72.9 Å². The van der Waals surface area contributed by atoms with Gasteiger partial charge in [0.15, 0.2) is 0 Å². The highest BCUT2D eigenvalue weighted by molar-refractivity contribution is 5.85. The molecule has 0 rings (SSSR count). The van der Waals surface area contributed by atoms with Crippen LogP contribution in [-0.4, -0.2) is 66.2 Å². The first-order chi connectivity index (χ1) is 8.23. The van der Waals surface area contributed by atoms with Crippen molar-refractivity contribution in [2.75, 3.05) is 33.7 Å². The molecule has 6 nitrogen and oxygen atoms in total. The average Bonchev–Trinajstić information content (AvgIpc) is 2.24. The molecule has 0 radical (unpaired) electrons. The fraction of sp³-hybridized carbons (Fsp3) is 0.833. The summed E-state index contributed by atoms with van der Waals surface area (Å²) in [4.78, 5) is 26.4. The largest absolute Gasteiger partial charge is 0.480 e. The third kappa shape index (κ3) is 4.91. The third-order valence-corrected chi connectivity index (χ3v) is 2.82. The molecule has 0 bridgehead atoms. The summed E-state index contributed by atoms with van der Waals surface area (Å²) in [5.41, 5.74) is -1.19. The van der Waals surface area contributed by atoms with Gasteiger partial charge < -0.3 is 20.2 Å². The number of nitrogens with zero attached hydrogens (tertiary/aromatic N) is 2. The van der Waals surface area contributed by atoms with E-state index in [1.807, 2.05) is 19.0 Å². The van der Waals surface area contributed by atoms with Gasteiger partial charge in [0, 0.05) is 13.1 Å². The van der Waals surface area contributed by atoms with E-state index in [2.05, 4.69) is 5.32 Å². The van der Waals surface area contributed by atoms with Gasteiger partial charge in [-0.05, 0) is 47.8 Å². The summed E-state index contributed by atoms with van der Waals surface area (Å²) in [6, 6.07) is -0.330. The first-order valence-corrected chi connectivity index (χ1v) is 6.17. The fourth-order valence-electron chi connectivity index (χ4n) is 1.59. The Bertz CT molecular complexity index is 290. The monoisotopic (exact) mass is 259 g/mol. The molecule has 0 atom stereocenters. The Morgan fingerprint density at radius 2 is 1.83 bits per heavy atom. The van der Waals surface area contributed by atoms with Gasteiger partial charge in [0.05, 0.1) is 0 Å². The summed E-state index contributed by atoms with van der Waals surface area (Å²) in [6.45, 7) is 6.61. The van der Waals surface area contributed by atoms with Crippen LogP contribution in [0.4, 0.5) is 4.79 Å². The van der Waals surface area contributed by atoms with Crippen LogP contribution in [0.25, 0.3) is 0 Å². The highest BCUT2D eigenvalue weighted by Gasteiger charge is 2.36. The van der Waals surface area contributed by atoms with Crippen molar-refractivity contribution >= 4 is 12.0 Å². The highest BCUT2D eigenvalue weighted by atomic mass is 16.4. The van der Waals surface area contributed by atoms with Crippen LogP contribution >= 0.6 is 0 Å². The number of amides is 2. The number of carboxylic acids is 1. The normalized spacial score (nSPS) is 11.4. The van der Waals surface area contributed by atoms with E-state index < -0.39 is 11.5 Å². The smallest absolute Gasteiger partial charge is 0.329 e. The lowest BCUT2D eigenvalue weighted by molar-refractivity contribution is -0.147. The second kappa shape index (κ2) is 7.20. The van der Waals surface area contributed by atoms with E-state index in [1.54, 1.807) is 6.92 Å². The molecule has 0 spiro atoms. The number of carboxylic acid groups (broad SMARTS) is 1. The lowest BCUT2D eigenvalue weighted by Gasteiger charge is -2.34. The van der Waals surface area contributed by atoms with E-state index in [0.29, 0.717) is 13.1 Å². The maximum absolute atomic E-state index is 11.9. The fourth-order valence-corrected chi connectivity index (χ4v) is 1.59. The van der Waals surface area contributed by atoms with E-state index in [-0.39, 0.29) is 6.03 Å². The SMILES string of the molecule is CCN(C(=O)NCCCN(C)C)C(C)(C)C(=O)O. The lowest BCUT2D eigenvalue weighted by Crippen LogP contribution is -2.56. The molecular formula is C12H25N3O3. The quantitative estimate of drug-likeness (QED) is 0.664. The van der Waals surface area contributed by atoms with Gasteiger partial charge in [0.25, 0.3) is 0 Å². The summed E-state index contributed by atoms with van der Waals surface area (Å²) < 4.78 is 0. The summed E-state index contributed by atoms with van der Waals surface area (Å²) in [5.74, 6) is -1.01. The minimum absolute atomic E-state index is 0.330. The molecule has 2 amide bonds. The van der Waals surface area contributed by atoms with Gasteiger partial charge in [-0.3, -0.25) is 0 Å². The van der Waals surface area contributed by atoms with Crippen molar-refractivity contribution < 1.29 is 14.7 Å². The number of carbonyl (C=O) groups is 2. The maximum Gasteiger partial charge on any atom is 0.329 e. The molecule has 0 aliphatic rings. The zero-order valence-electron chi connectivity index (χ0n) is 12.0. The van der Waals surface area contributed by atoms with Crippen LogP contribution in [0.3, 0.4) is 0 Å². The van der Waals surface area contributed by atoms with Crippen LogP contribution in [0.1, 0.15) is 27.2 Å². The predicted molar refractivity (Wildman–Crippen MR) is 70.7 cm³/mol. The minimum atomic E-state index is -1.19. The summed E-state index contributed by atoms with van der Waals surface area (Å²) >= 11 is 0. The Morgan fingerprint density at radius 3 is 2.22 bits per heavy atom. The number of carbonyl (C=O) groups excluding carboxylic acids is 1. The molecule has 0 heterocycles. The van der Waals surface area contributed by atoms with Gasteiger partial charge in [0.1, 0.15) is 5.54 Å². The second-order valence-corrected chi connectivity index (χ2v) is 5.00. The molecule has 2 N–H and O–H groups in total. The van der Waals surface area contributed by atoms with Crippen molar-refractivity contribution in [3.8, 4) is 0 Å². The van der Waals surface area contributed by atoms with Crippen molar-refractivity contribution in [1.29, 1.82) is 0 Å². The molecule has 0 aromatic heterocycles. The molecule has 106 valence electrons. The van der Waals surface area contributed by atoms with Gasteiger partial charge >= 0.3 is 12.0 Å². The second-order valence-electron chi connectivity index (χ2n) is 5.00. The summed E-state index contributed by atoms with van der Waals surface area (Å²) in [6.07, 6.45) is 0.837. The lowest BCUT2D eigenvalue weighted by atomic mass is 10.0. The van der Waals surface area contributed by atoms with E-state index in [4.69, 9.17) is 5.11 Å². The highest BCUT2D eigenvalue weighted by Crippen LogP contribution is 2.14. The molecule has 0 aromatic rings. The van der Waals surface area contributed by atoms with Crippen molar-refractivity contribution in [2.24, 2.45) is 0 Å². The Morgan fingerprint density at radius 1 is 1.28 bits per heavy atom. The van der Waals surface area contributed by atoms with Crippen molar-refractivity contribution in [2.45, 2.75) is 32.7 Å². The minimum Gasteiger partial charge on any atom is -0.480 e. The number of aliphatic carboxylic acids is 1. The Kier molecular flexibility index (Phi) is 6.68. The number of hydrogen-bond donors (Lipinski definition) is 2. The standard InChI is InChI=1S/C12H25N3O3/c1-6-15(12(2,3)10(16)17)11(18)13-8-7-9-14(4)5/h6-9H2,1-5H3,(H,13,18)(H,16,17). The zero-order chi connectivity index (χ0) is 14.3. The van der Waals surface area contributed by atoms with Gasteiger partial charge in [-0.25, -0.2) is 9.59 Å². The average molecular weight is 259 g/mol. The molecule has 18 heavy (non-hydrogen) atoms. The molecule has 0 fully saturated rings. The van der Waals surface area contributed by atoms with Gasteiger partial charge in [-0.2, -0.15) is 0 Å². The number of hydrogen-bond acceptors (Lipinski definition) is 3. The van der Waals surface area contributed by atoms with Crippen LogP contribution in [0, 0.1) is 0 Å². The maximum atomic E-state index is 11.9. The Labute approximate surface area is 109 Å². The van der Waals surface area contributed by atoms with Crippen molar-refractivity contribution in [3.05, 3.63) is 0 Å². The molecule has 0 saturated carbocycles. The van der Waals surface area contributed by atoms with Crippen LogP contribution in [0.15, 0.2) is 0 Å². The van der Waals surface area contributed by atoms with Gasteiger partial charge in [0.2, 0.25) is 0 Å². The molecule has 0 aromatic carbocycles.